The van der Waals surface area contributed by atoms with E-state index >= 15 is 0 Å². The molecule has 1 unspecified atom stereocenters. The molecule has 0 spiro atoms. The Balaban J connectivity index is 2.19. The lowest BCUT2D eigenvalue weighted by atomic mass is 9.86. The molecule has 0 aliphatic carbocycles. The number of ether oxygens (including phenoxy) is 1. The van der Waals surface area contributed by atoms with Crippen molar-refractivity contribution < 1.29 is 4.74 Å². The van der Waals surface area contributed by atoms with Gasteiger partial charge in [0.25, 0.3) is 0 Å². The monoisotopic (exact) mass is 211 g/mol. The van der Waals surface area contributed by atoms with Crippen LogP contribution >= 0.6 is 0 Å². The standard InChI is InChI=1S/C9H17N5O/c10-7-5-9(12,14-8(11)13-7)6-1-3-15-4-2-6/h5-6H,1-4,10,12H2,(H3,11,13,14). The van der Waals surface area contributed by atoms with Gasteiger partial charge in [0, 0.05) is 19.1 Å². The summed E-state index contributed by atoms with van der Waals surface area (Å²) in [6.45, 7) is 1.44. The molecular weight excluding hydrogens is 194 g/mol. The maximum atomic E-state index is 6.20. The van der Waals surface area contributed by atoms with E-state index in [0.29, 0.717) is 5.82 Å². The second-order valence-electron chi connectivity index (χ2n) is 4.00. The Morgan fingerprint density at radius 2 is 2.07 bits per heavy atom. The summed E-state index contributed by atoms with van der Waals surface area (Å²) in [6.07, 6.45) is 3.51. The third-order valence-corrected chi connectivity index (χ3v) is 2.85. The van der Waals surface area contributed by atoms with E-state index < -0.39 is 5.66 Å². The largest absolute Gasteiger partial charge is 0.385 e. The molecule has 2 aliphatic heterocycles. The Morgan fingerprint density at radius 3 is 2.67 bits per heavy atom. The van der Waals surface area contributed by atoms with E-state index in [1.165, 1.54) is 0 Å². The molecule has 7 N–H and O–H groups in total. The molecule has 84 valence electrons. The van der Waals surface area contributed by atoms with Crippen molar-refractivity contribution >= 4 is 5.96 Å². The van der Waals surface area contributed by atoms with Gasteiger partial charge in [-0.3, -0.25) is 0 Å². The molecule has 0 aromatic rings. The van der Waals surface area contributed by atoms with Gasteiger partial charge in [0.05, 0.1) is 0 Å². The molecule has 6 nitrogen and oxygen atoms in total. The molecule has 1 atom stereocenters. The van der Waals surface area contributed by atoms with Gasteiger partial charge in [-0.15, -0.1) is 0 Å². The van der Waals surface area contributed by atoms with Gasteiger partial charge in [-0.2, -0.15) is 0 Å². The number of rotatable bonds is 1. The minimum atomic E-state index is -0.775. The first-order valence-corrected chi connectivity index (χ1v) is 5.07. The number of hydrogen-bond donors (Lipinski definition) is 4. The van der Waals surface area contributed by atoms with Crippen LogP contribution in [0, 0.1) is 5.92 Å². The minimum Gasteiger partial charge on any atom is -0.385 e. The molecule has 1 fully saturated rings. The van der Waals surface area contributed by atoms with Gasteiger partial charge in [-0.05, 0) is 18.9 Å². The summed E-state index contributed by atoms with van der Waals surface area (Å²) in [5.74, 6) is 0.992. The van der Waals surface area contributed by atoms with Crippen LogP contribution in [-0.4, -0.2) is 24.8 Å². The van der Waals surface area contributed by atoms with Gasteiger partial charge in [-0.1, -0.05) is 0 Å². The summed E-state index contributed by atoms with van der Waals surface area (Å²) in [4.78, 5) is 4.24. The van der Waals surface area contributed by atoms with E-state index in [2.05, 4.69) is 10.3 Å². The van der Waals surface area contributed by atoms with E-state index in [4.69, 9.17) is 21.9 Å². The van der Waals surface area contributed by atoms with E-state index in [-0.39, 0.29) is 11.9 Å². The van der Waals surface area contributed by atoms with Crippen LogP contribution in [0.1, 0.15) is 12.8 Å². The maximum absolute atomic E-state index is 6.20. The van der Waals surface area contributed by atoms with Gasteiger partial charge in [-0.25, -0.2) is 4.99 Å². The normalized spacial score (nSPS) is 32.9. The van der Waals surface area contributed by atoms with Crippen molar-refractivity contribution in [3.63, 3.8) is 0 Å². The van der Waals surface area contributed by atoms with Crippen LogP contribution in [0.3, 0.4) is 0 Å². The average Bonchev–Trinajstić information content (AvgIpc) is 2.17. The summed E-state index contributed by atoms with van der Waals surface area (Å²) in [7, 11) is 0. The Morgan fingerprint density at radius 1 is 1.40 bits per heavy atom. The molecule has 0 saturated carbocycles. The highest BCUT2D eigenvalue weighted by atomic mass is 16.5. The van der Waals surface area contributed by atoms with Crippen LogP contribution in [0.5, 0.6) is 0 Å². The zero-order chi connectivity index (χ0) is 10.9. The van der Waals surface area contributed by atoms with Gasteiger partial charge < -0.3 is 27.3 Å². The van der Waals surface area contributed by atoms with Crippen LogP contribution in [0.25, 0.3) is 0 Å². The summed E-state index contributed by atoms with van der Waals surface area (Å²) < 4.78 is 5.29. The Labute approximate surface area is 88.5 Å². The first-order valence-electron chi connectivity index (χ1n) is 5.07. The van der Waals surface area contributed by atoms with E-state index in [1.807, 2.05) is 0 Å². The highest BCUT2D eigenvalue weighted by Gasteiger charge is 2.36. The minimum absolute atomic E-state index is 0.241. The lowest BCUT2D eigenvalue weighted by Gasteiger charge is -2.36. The lowest BCUT2D eigenvalue weighted by Crippen LogP contribution is -2.53. The second-order valence-corrected chi connectivity index (χ2v) is 4.00. The number of nitrogens with zero attached hydrogens (tertiary/aromatic N) is 1. The molecule has 0 aromatic carbocycles. The molecule has 0 amide bonds. The zero-order valence-electron chi connectivity index (χ0n) is 8.57. The summed E-state index contributed by atoms with van der Waals surface area (Å²) >= 11 is 0. The van der Waals surface area contributed by atoms with Crippen molar-refractivity contribution in [2.24, 2.45) is 28.1 Å². The molecule has 2 rings (SSSR count). The van der Waals surface area contributed by atoms with Crippen molar-refractivity contribution in [1.82, 2.24) is 5.32 Å². The van der Waals surface area contributed by atoms with Crippen LogP contribution in [0.2, 0.25) is 0 Å². The fourth-order valence-corrected chi connectivity index (χ4v) is 2.07. The highest BCUT2D eigenvalue weighted by Crippen LogP contribution is 2.29. The third-order valence-electron chi connectivity index (χ3n) is 2.85. The molecule has 0 radical (unpaired) electrons. The van der Waals surface area contributed by atoms with Crippen molar-refractivity contribution in [3.8, 4) is 0 Å². The molecule has 15 heavy (non-hydrogen) atoms. The van der Waals surface area contributed by atoms with Crippen molar-refractivity contribution in [3.05, 3.63) is 11.9 Å². The average molecular weight is 211 g/mol. The second kappa shape index (κ2) is 3.71. The van der Waals surface area contributed by atoms with Crippen molar-refractivity contribution in [2.75, 3.05) is 13.2 Å². The van der Waals surface area contributed by atoms with Crippen LogP contribution in [0.4, 0.5) is 0 Å². The molecule has 0 bridgehead atoms. The fourth-order valence-electron chi connectivity index (χ4n) is 2.07. The molecule has 2 aliphatic rings. The number of hydrogen-bond acceptors (Lipinski definition) is 6. The molecule has 2 heterocycles. The fraction of sp³-hybridized carbons (Fsp3) is 0.667. The van der Waals surface area contributed by atoms with E-state index in [1.54, 1.807) is 6.08 Å². The van der Waals surface area contributed by atoms with Crippen LogP contribution < -0.4 is 22.5 Å². The predicted octanol–water partition coefficient (Wildman–Crippen LogP) is -1.21. The van der Waals surface area contributed by atoms with Crippen molar-refractivity contribution in [2.45, 2.75) is 18.5 Å². The number of nitrogens with two attached hydrogens (primary N) is 3. The van der Waals surface area contributed by atoms with Crippen molar-refractivity contribution in [1.29, 1.82) is 0 Å². The predicted molar refractivity (Wildman–Crippen MR) is 57.5 cm³/mol. The van der Waals surface area contributed by atoms with E-state index in [9.17, 15) is 0 Å². The summed E-state index contributed by atoms with van der Waals surface area (Å²) in [6, 6.07) is 0. The summed E-state index contributed by atoms with van der Waals surface area (Å²) in [5, 5.41) is 2.73. The van der Waals surface area contributed by atoms with Gasteiger partial charge in [0.1, 0.15) is 11.5 Å². The Bertz CT molecular complexity index is 288. The number of aliphatic imine (C=N–C) groups is 1. The number of guanidine groups is 1. The molecule has 1 saturated heterocycles. The maximum Gasteiger partial charge on any atom is 0.196 e. The quantitative estimate of drug-likeness (QED) is 0.434. The first kappa shape index (κ1) is 10.3. The molecule has 6 heteroatoms. The Hall–Kier alpha value is -1.27. The van der Waals surface area contributed by atoms with Gasteiger partial charge in [0.15, 0.2) is 5.96 Å². The number of nitrogens with one attached hydrogen (secondary N) is 1. The molecular formula is C9H17N5O. The SMILES string of the molecule is NC1=CC(N)(C2CCOCC2)N=C(N)N1. The van der Waals surface area contributed by atoms with Crippen LogP contribution in [0.15, 0.2) is 16.9 Å². The molecule has 0 aromatic heterocycles. The van der Waals surface area contributed by atoms with E-state index in [0.717, 1.165) is 26.1 Å². The van der Waals surface area contributed by atoms with Crippen LogP contribution in [-0.2, 0) is 4.74 Å². The smallest absolute Gasteiger partial charge is 0.196 e. The highest BCUT2D eigenvalue weighted by molar-refractivity contribution is 5.81. The van der Waals surface area contributed by atoms with Gasteiger partial charge >= 0.3 is 0 Å². The summed E-state index contributed by atoms with van der Waals surface area (Å²) in [5.41, 5.74) is 16.7. The Kier molecular flexibility index (Phi) is 2.54. The lowest BCUT2D eigenvalue weighted by molar-refractivity contribution is 0.0482. The first-order chi connectivity index (χ1) is 7.10. The zero-order valence-corrected chi connectivity index (χ0v) is 8.57. The van der Waals surface area contributed by atoms with Gasteiger partial charge in [0.2, 0.25) is 0 Å². The third kappa shape index (κ3) is 2.05. The topological polar surface area (TPSA) is 112 Å².